The zero-order valence-corrected chi connectivity index (χ0v) is 29.6. The summed E-state index contributed by atoms with van der Waals surface area (Å²) in [6.45, 7) is 12.4. The van der Waals surface area contributed by atoms with Gasteiger partial charge in [-0.3, -0.25) is 14.4 Å². The molecule has 50 heavy (non-hydrogen) atoms. The van der Waals surface area contributed by atoms with Gasteiger partial charge in [0.25, 0.3) is 0 Å². The van der Waals surface area contributed by atoms with Gasteiger partial charge in [-0.1, -0.05) is 22.3 Å². The minimum Gasteiger partial charge on any atom is -0.463 e. The monoisotopic (exact) mass is 704 g/mol. The minimum absolute atomic E-state index is 0. The first-order valence-corrected chi connectivity index (χ1v) is 18.3. The molecule has 1 aliphatic heterocycles. The molecule has 0 aromatic carbocycles. The number of carbonyl (C=O) groups is 4. The molecule has 0 spiro atoms. The first-order chi connectivity index (χ1) is 21.7. The Labute approximate surface area is 301 Å². The third kappa shape index (κ3) is 6.01. The van der Waals surface area contributed by atoms with Gasteiger partial charge in [-0.25, -0.2) is 4.79 Å². The van der Waals surface area contributed by atoms with Gasteiger partial charge in [-0.15, -0.1) is 0 Å². The van der Waals surface area contributed by atoms with Crippen molar-refractivity contribution >= 4 is 23.9 Å². The number of hydrogen-bond acceptors (Lipinski definition) is 9. The van der Waals surface area contributed by atoms with Gasteiger partial charge in [0.1, 0.15) is 11.2 Å². The predicted molar refractivity (Wildman–Crippen MR) is 191 cm³/mol. The second kappa shape index (κ2) is 12.8. The fourth-order valence-corrected chi connectivity index (χ4v) is 12.4. The average molecular weight is 705 g/mol. The van der Waals surface area contributed by atoms with Crippen LogP contribution in [-0.4, -0.2) is 58.5 Å². The van der Waals surface area contributed by atoms with E-state index in [0.29, 0.717) is 48.9 Å². The van der Waals surface area contributed by atoms with Crippen LogP contribution in [0.15, 0.2) is 0 Å². The lowest BCUT2D eigenvalue weighted by molar-refractivity contribution is -0.237. The van der Waals surface area contributed by atoms with Gasteiger partial charge in [0.05, 0.1) is 28.5 Å². The van der Waals surface area contributed by atoms with Crippen molar-refractivity contribution in [1.82, 2.24) is 0 Å². The molecule has 9 fully saturated rings. The van der Waals surface area contributed by atoms with Crippen LogP contribution in [0.3, 0.4) is 0 Å². The van der Waals surface area contributed by atoms with Crippen LogP contribution in [0.4, 0.5) is 0 Å². The fraction of sp³-hybridized carbons (Fsp3) is 0.902. The van der Waals surface area contributed by atoms with E-state index in [-0.39, 0.29) is 40.7 Å². The van der Waals surface area contributed by atoms with Gasteiger partial charge in [0.15, 0.2) is 0 Å². The summed E-state index contributed by atoms with van der Waals surface area (Å²) in [4.78, 5) is 56.1. The summed E-state index contributed by atoms with van der Waals surface area (Å²) in [5, 5.41) is 11.3. The quantitative estimate of drug-likeness (QED) is 0.188. The number of esters is 4. The molecule has 8 saturated carbocycles. The highest BCUT2D eigenvalue weighted by atomic mass is 16.6. The molecule has 9 aliphatic rings. The second-order valence-corrected chi connectivity index (χ2v) is 19.1. The van der Waals surface area contributed by atoms with E-state index in [1.807, 2.05) is 13.8 Å². The van der Waals surface area contributed by atoms with E-state index < -0.39 is 63.0 Å². The maximum absolute atomic E-state index is 14.6. The van der Waals surface area contributed by atoms with Crippen LogP contribution in [0.1, 0.15) is 154 Å². The lowest BCUT2D eigenvalue weighted by Gasteiger charge is -2.62. The summed E-state index contributed by atoms with van der Waals surface area (Å²) in [5.41, 5.74) is -7.49. The molecule has 8 aliphatic carbocycles. The second-order valence-electron chi connectivity index (χ2n) is 19.1. The van der Waals surface area contributed by atoms with Crippen LogP contribution in [0.25, 0.3) is 0 Å². The third-order valence-electron chi connectivity index (χ3n) is 15.0. The van der Waals surface area contributed by atoms with E-state index in [2.05, 4.69) is 0 Å². The van der Waals surface area contributed by atoms with Crippen LogP contribution >= 0.6 is 0 Å². The zero-order valence-electron chi connectivity index (χ0n) is 29.6. The number of rotatable bonds is 9. The first kappa shape index (κ1) is 40.6. The Hall–Kier alpha value is -2.16. The number of carbonyl (C=O) groups excluding carboxylic acids is 4. The van der Waals surface area contributed by atoms with Crippen molar-refractivity contribution in [1.29, 1.82) is 0 Å². The Morgan fingerprint density at radius 1 is 0.700 bits per heavy atom. The Balaban J connectivity index is 0.00000187. The minimum atomic E-state index is -1.80. The van der Waals surface area contributed by atoms with Crippen LogP contribution in [0, 0.1) is 51.2 Å². The normalized spacial score (nSPS) is 39.2. The lowest BCUT2D eigenvalue weighted by Crippen LogP contribution is -2.64. The van der Waals surface area contributed by atoms with Gasteiger partial charge in [0, 0.05) is 18.3 Å². The molecular formula is C41H68O9. The van der Waals surface area contributed by atoms with E-state index >= 15 is 0 Å². The smallest absolute Gasteiger partial charge is 0.347 e. The SMILES string of the molecule is C.C.C.CC(C)(OC(=O)C(C)(C)C(C)(C(=O)OC1CCOC1=O)C(C)(C)C(=O)OC12CC3CC(CC(O)(C3)C1)C2)C12CC3CC(CC(C3)C1)C2. The number of cyclic esters (lactones) is 1. The van der Waals surface area contributed by atoms with Crippen LogP contribution in [-0.2, 0) is 38.1 Å². The van der Waals surface area contributed by atoms with Crippen molar-refractivity contribution < 1.29 is 43.2 Å². The lowest BCUT2D eigenvalue weighted by atomic mass is 9.45. The predicted octanol–water partition coefficient (Wildman–Crippen LogP) is 7.98. The zero-order chi connectivity index (χ0) is 34.0. The highest BCUT2D eigenvalue weighted by Gasteiger charge is 2.69. The molecular weight excluding hydrogens is 636 g/mol. The average Bonchev–Trinajstić information content (AvgIpc) is 3.33. The maximum Gasteiger partial charge on any atom is 0.347 e. The summed E-state index contributed by atoms with van der Waals surface area (Å²) < 4.78 is 23.9. The molecule has 1 saturated heterocycles. The Morgan fingerprint density at radius 3 is 1.64 bits per heavy atom. The molecule has 9 rings (SSSR count). The largest absolute Gasteiger partial charge is 0.463 e. The molecule has 286 valence electrons. The van der Waals surface area contributed by atoms with Gasteiger partial charge in [0.2, 0.25) is 6.10 Å². The summed E-state index contributed by atoms with van der Waals surface area (Å²) in [7, 11) is 0. The molecule has 1 heterocycles. The van der Waals surface area contributed by atoms with Crippen molar-refractivity contribution in [2.75, 3.05) is 6.61 Å². The van der Waals surface area contributed by atoms with E-state index in [4.69, 9.17) is 18.9 Å². The van der Waals surface area contributed by atoms with Crippen molar-refractivity contribution in [3.05, 3.63) is 0 Å². The molecule has 9 nitrogen and oxygen atoms in total. The molecule has 8 bridgehead atoms. The van der Waals surface area contributed by atoms with E-state index in [0.717, 1.165) is 38.5 Å². The number of hydrogen-bond donors (Lipinski definition) is 1. The summed E-state index contributed by atoms with van der Waals surface area (Å²) in [6, 6.07) is 0. The van der Waals surface area contributed by atoms with Crippen molar-refractivity contribution in [2.45, 2.75) is 177 Å². The summed E-state index contributed by atoms with van der Waals surface area (Å²) in [6.07, 6.45) is 10.3. The van der Waals surface area contributed by atoms with Crippen molar-refractivity contribution in [3.63, 3.8) is 0 Å². The highest BCUT2D eigenvalue weighted by Crippen LogP contribution is 2.65. The third-order valence-corrected chi connectivity index (χ3v) is 15.0. The molecule has 0 aromatic rings. The van der Waals surface area contributed by atoms with Gasteiger partial charge in [-0.2, -0.15) is 0 Å². The standard InChI is InChI=1S/C38H56O9.3CH4/c1-32(2,29(40)46-34(5,6)36-14-22-10-23(15-36)12-24(11-22)16-36)35(7,31(42)45-27-8-9-44-28(27)39)33(3,4)30(41)47-38-19-25-13-26(20-38)18-37(43,17-25)21-38;;;/h22-27,43H,8-21H2,1-7H3;3*1H4. The summed E-state index contributed by atoms with van der Waals surface area (Å²) in [5.74, 6) is -0.0807. The van der Waals surface area contributed by atoms with Gasteiger partial charge in [-0.05, 0) is 149 Å². The molecule has 0 amide bonds. The fourth-order valence-electron chi connectivity index (χ4n) is 12.4. The highest BCUT2D eigenvalue weighted by molar-refractivity contribution is 5.95. The first-order valence-electron chi connectivity index (χ1n) is 18.3. The van der Waals surface area contributed by atoms with E-state index in [9.17, 15) is 24.3 Å². The topological polar surface area (TPSA) is 125 Å². The van der Waals surface area contributed by atoms with Crippen molar-refractivity contribution in [3.8, 4) is 0 Å². The molecule has 4 unspecified atom stereocenters. The van der Waals surface area contributed by atoms with Crippen LogP contribution in [0.2, 0.25) is 0 Å². The molecule has 0 aromatic heterocycles. The maximum atomic E-state index is 14.6. The Morgan fingerprint density at radius 2 is 1.18 bits per heavy atom. The molecule has 9 heteroatoms. The van der Waals surface area contributed by atoms with Gasteiger partial charge >= 0.3 is 23.9 Å². The van der Waals surface area contributed by atoms with Crippen LogP contribution in [0.5, 0.6) is 0 Å². The van der Waals surface area contributed by atoms with E-state index in [1.54, 1.807) is 34.6 Å². The summed E-state index contributed by atoms with van der Waals surface area (Å²) >= 11 is 0. The Bertz CT molecular complexity index is 1310. The molecule has 0 radical (unpaired) electrons. The van der Waals surface area contributed by atoms with Crippen LogP contribution < -0.4 is 0 Å². The van der Waals surface area contributed by atoms with E-state index in [1.165, 1.54) is 19.3 Å². The number of ether oxygens (including phenoxy) is 4. The molecule has 4 atom stereocenters. The van der Waals surface area contributed by atoms with Crippen molar-refractivity contribution in [2.24, 2.45) is 51.2 Å². The number of aliphatic hydroxyl groups is 1. The Kier molecular flexibility index (Phi) is 10.4. The molecule has 1 N–H and O–H groups in total. The van der Waals surface area contributed by atoms with Gasteiger partial charge < -0.3 is 24.1 Å².